The van der Waals surface area contributed by atoms with Gasteiger partial charge in [-0.2, -0.15) is 0 Å². The SMILES string of the molecule is Cn1c(=O)cc(C(=O)Nc2ccc(NC(=O)NCc3ccco3)cc2)c2ccccc21. The Hall–Kier alpha value is -4.33. The molecule has 8 nitrogen and oxygen atoms in total. The summed E-state index contributed by atoms with van der Waals surface area (Å²) in [5.41, 5.74) is 1.83. The molecule has 31 heavy (non-hydrogen) atoms. The molecule has 8 heteroatoms. The molecule has 4 aromatic rings. The van der Waals surface area contributed by atoms with Crippen LogP contribution in [0.15, 0.2) is 82.2 Å². The smallest absolute Gasteiger partial charge is 0.319 e. The lowest BCUT2D eigenvalue weighted by atomic mass is 10.1. The summed E-state index contributed by atoms with van der Waals surface area (Å²) in [5.74, 6) is 0.266. The lowest BCUT2D eigenvalue weighted by Gasteiger charge is -2.11. The van der Waals surface area contributed by atoms with Gasteiger partial charge in [0.25, 0.3) is 11.5 Å². The minimum atomic E-state index is -0.384. The van der Waals surface area contributed by atoms with Crippen molar-refractivity contribution in [3.63, 3.8) is 0 Å². The molecule has 4 rings (SSSR count). The van der Waals surface area contributed by atoms with Gasteiger partial charge in [-0.25, -0.2) is 4.79 Å². The van der Waals surface area contributed by atoms with Crippen LogP contribution in [0.2, 0.25) is 0 Å². The Morgan fingerprint density at radius 3 is 2.35 bits per heavy atom. The summed E-state index contributed by atoms with van der Waals surface area (Å²) in [6.07, 6.45) is 1.54. The third-order valence-corrected chi connectivity index (χ3v) is 4.80. The molecule has 156 valence electrons. The second kappa shape index (κ2) is 8.58. The highest BCUT2D eigenvalue weighted by molar-refractivity contribution is 6.12. The highest BCUT2D eigenvalue weighted by atomic mass is 16.3. The average Bonchev–Trinajstić information content (AvgIpc) is 3.30. The fourth-order valence-corrected chi connectivity index (χ4v) is 3.19. The van der Waals surface area contributed by atoms with Gasteiger partial charge in [0.1, 0.15) is 5.76 Å². The number of amides is 3. The minimum absolute atomic E-state index is 0.260. The molecule has 0 unspecified atom stereocenters. The molecule has 3 N–H and O–H groups in total. The number of aryl methyl sites for hydroxylation is 1. The van der Waals surface area contributed by atoms with Crippen LogP contribution in [-0.4, -0.2) is 16.5 Å². The van der Waals surface area contributed by atoms with E-state index < -0.39 is 0 Å². The van der Waals surface area contributed by atoms with Crippen molar-refractivity contribution in [2.75, 3.05) is 10.6 Å². The molecule has 0 aliphatic rings. The maximum atomic E-state index is 12.8. The second-order valence-corrected chi connectivity index (χ2v) is 6.89. The topological polar surface area (TPSA) is 105 Å². The van der Waals surface area contributed by atoms with Crippen LogP contribution < -0.4 is 21.5 Å². The standard InChI is InChI=1S/C23H20N4O4/c1-27-20-7-3-2-6-18(20)19(13-21(27)28)22(29)25-15-8-10-16(11-9-15)26-23(30)24-14-17-5-4-12-31-17/h2-13H,14H2,1H3,(H,25,29)(H2,24,26,30). The van der Waals surface area contributed by atoms with Gasteiger partial charge in [0.15, 0.2) is 0 Å². The third-order valence-electron chi connectivity index (χ3n) is 4.80. The normalized spacial score (nSPS) is 10.6. The molecule has 2 aromatic carbocycles. The summed E-state index contributed by atoms with van der Waals surface area (Å²) in [6, 6.07) is 18.4. The summed E-state index contributed by atoms with van der Waals surface area (Å²) in [5, 5.41) is 8.87. The lowest BCUT2D eigenvalue weighted by Crippen LogP contribution is -2.27. The van der Waals surface area contributed by atoms with Crippen molar-refractivity contribution < 1.29 is 14.0 Å². The number of carbonyl (C=O) groups excluding carboxylic acids is 2. The van der Waals surface area contributed by atoms with E-state index in [0.29, 0.717) is 33.6 Å². The molecule has 3 amide bonds. The van der Waals surface area contributed by atoms with Gasteiger partial charge in [-0.1, -0.05) is 18.2 Å². The molecule has 0 atom stereocenters. The summed E-state index contributed by atoms with van der Waals surface area (Å²) in [4.78, 5) is 37.0. The Morgan fingerprint density at radius 2 is 1.65 bits per heavy atom. The van der Waals surface area contributed by atoms with Crippen LogP contribution in [0.4, 0.5) is 16.2 Å². The minimum Gasteiger partial charge on any atom is -0.467 e. The van der Waals surface area contributed by atoms with Crippen molar-refractivity contribution in [1.82, 2.24) is 9.88 Å². The van der Waals surface area contributed by atoms with E-state index in [4.69, 9.17) is 4.42 Å². The van der Waals surface area contributed by atoms with E-state index in [1.54, 1.807) is 55.6 Å². The molecule has 0 spiro atoms. The van der Waals surface area contributed by atoms with Gasteiger partial charge in [-0.05, 0) is 42.5 Å². The third kappa shape index (κ3) is 4.48. The van der Waals surface area contributed by atoms with Crippen LogP contribution >= 0.6 is 0 Å². The number of rotatable bonds is 5. The van der Waals surface area contributed by atoms with Crippen molar-refractivity contribution in [3.05, 3.63) is 94.7 Å². The molecule has 0 saturated carbocycles. The van der Waals surface area contributed by atoms with E-state index in [2.05, 4.69) is 16.0 Å². The van der Waals surface area contributed by atoms with E-state index >= 15 is 0 Å². The predicted octanol–water partition coefficient (Wildman–Crippen LogP) is 3.71. The van der Waals surface area contributed by atoms with Gasteiger partial charge in [-0.15, -0.1) is 0 Å². The van der Waals surface area contributed by atoms with Crippen LogP contribution in [0.1, 0.15) is 16.1 Å². The number of hydrogen-bond acceptors (Lipinski definition) is 4. The Morgan fingerprint density at radius 1 is 0.935 bits per heavy atom. The van der Waals surface area contributed by atoms with Gasteiger partial charge < -0.3 is 24.9 Å². The first-order valence-electron chi connectivity index (χ1n) is 9.59. The molecule has 0 radical (unpaired) electrons. The van der Waals surface area contributed by atoms with Crippen molar-refractivity contribution in [2.45, 2.75) is 6.54 Å². The van der Waals surface area contributed by atoms with Crippen molar-refractivity contribution in [3.8, 4) is 0 Å². The Bertz CT molecular complexity index is 1290. The Labute approximate surface area is 177 Å². The molecule has 0 fully saturated rings. The van der Waals surface area contributed by atoms with Crippen molar-refractivity contribution in [1.29, 1.82) is 0 Å². The summed E-state index contributed by atoms with van der Waals surface area (Å²) >= 11 is 0. The molecule has 0 aliphatic carbocycles. The zero-order valence-electron chi connectivity index (χ0n) is 16.7. The van der Waals surface area contributed by atoms with Crippen LogP contribution in [0.3, 0.4) is 0 Å². The summed E-state index contributed by atoms with van der Waals surface area (Å²) in [7, 11) is 1.67. The number of pyridine rings is 1. The Balaban J connectivity index is 1.43. The summed E-state index contributed by atoms with van der Waals surface area (Å²) in [6.45, 7) is 0.275. The number of aromatic nitrogens is 1. The van der Waals surface area contributed by atoms with Gasteiger partial charge in [0, 0.05) is 29.9 Å². The number of carbonyl (C=O) groups is 2. The highest BCUT2D eigenvalue weighted by Gasteiger charge is 2.13. The van der Waals surface area contributed by atoms with Gasteiger partial charge >= 0.3 is 6.03 Å². The first-order valence-corrected chi connectivity index (χ1v) is 9.59. The van der Waals surface area contributed by atoms with E-state index in [9.17, 15) is 14.4 Å². The lowest BCUT2D eigenvalue weighted by molar-refractivity contribution is 0.102. The van der Waals surface area contributed by atoms with Crippen LogP contribution in [0.25, 0.3) is 10.9 Å². The van der Waals surface area contributed by atoms with Crippen LogP contribution in [0, 0.1) is 0 Å². The second-order valence-electron chi connectivity index (χ2n) is 6.89. The maximum Gasteiger partial charge on any atom is 0.319 e. The largest absolute Gasteiger partial charge is 0.467 e. The number of para-hydroxylation sites is 1. The fraction of sp³-hybridized carbons (Fsp3) is 0.0870. The van der Waals surface area contributed by atoms with Crippen LogP contribution in [-0.2, 0) is 13.6 Å². The molecule has 2 aromatic heterocycles. The highest BCUT2D eigenvalue weighted by Crippen LogP contribution is 2.19. The fourth-order valence-electron chi connectivity index (χ4n) is 3.19. The number of furan rings is 1. The van der Waals surface area contributed by atoms with Gasteiger partial charge in [0.2, 0.25) is 0 Å². The monoisotopic (exact) mass is 416 g/mol. The molecular formula is C23H20N4O4. The first-order chi connectivity index (χ1) is 15.0. The van der Waals surface area contributed by atoms with Crippen LogP contribution in [0.5, 0.6) is 0 Å². The molecule has 0 aliphatic heterocycles. The molecular weight excluding hydrogens is 396 g/mol. The van der Waals surface area contributed by atoms with Crippen molar-refractivity contribution >= 4 is 34.2 Å². The van der Waals surface area contributed by atoms with Crippen molar-refractivity contribution in [2.24, 2.45) is 7.05 Å². The van der Waals surface area contributed by atoms with Gasteiger partial charge in [0.05, 0.1) is 23.9 Å². The number of nitrogens with one attached hydrogen (secondary N) is 3. The molecule has 2 heterocycles. The Kier molecular flexibility index (Phi) is 5.53. The summed E-state index contributed by atoms with van der Waals surface area (Å²) < 4.78 is 6.66. The zero-order valence-corrected chi connectivity index (χ0v) is 16.7. The predicted molar refractivity (Wildman–Crippen MR) is 118 cm³/mol. The number of hydrogen-bond donors (Lipinski definition) is 3. The first kappa shape index (κ1) is 20.0. The van der Waals surface area contributed by atoms with E-state index in [0.717, 1.165) is 0 Å². The van der Waals surface area contributed by atoms with E-state index in [-0.39, 0.29) is 24.0 Å². The quantitative estimate of drug-likeness (QED) is 0.461. The zero-order chi connectivity index (χ0) is 21.8. The average molecular weight is 416 g/mol. The number of anilines is 2. The van der Waals surface area contributed by atoms with E-state index in [1.165, 1.54) is 16.9 Å². The number of nitrogens with zero attached hydrogens (tertiary/aromatic N) is 1. The molecule has 0 bridgehead atoms. The number of fused-ring (bicyclic) bond motifs is 1. The molecule has 0 saturated heterocycles. The maximum absolute atomic E-state index is 12.8. The number of urea groups is 1. The van der Waals surface area contributed by atoms with Gasteiger partial charge in [-0.3, -0.25) is 9.59 Å². The number of benzene rings is 2. The van der Waals surface area contributed by atoms with E-state index in [1.807, 2.05) is 12.1 Å².